The SMILES string of the molecule is CC(C)CCCCCCCCCCCCCCCC(=O)OC[C@H](COP(=O)(O)OCC(O)COP(=O)(O)OC[C@@H](COC(=O)CCCCCCCCCC(C)C)OC(=O)CCCCCCCCCC(C)C)OC(=O)CCCCCCCCCCCCCC(C)C. The van der Waals surface area contributed by atoms with Crippen LogP contribution in [0.5, 0.6) is 0 Å². The number of aliphatic hydroxyl groups excluding tert-OH is 1. The standard InChI is InChI=1S/C71H138O17P2/c1-61(2)47-39-31-23-17-13-10-9-11-15-19-27-35-43-51-68(73)81-57-66(87-70(75)53-45-37-28-20-16-12-14-18-24-32-40-48-62(3)4)59-85-89(77,78)83-55-65(72)56-84-90(79,80)86-60-67(88-71(76)54-46-38-30-22-26-34-42-50-64(7)8)58-82-69(74)52-44-36-29-21-25-33-41-49-63(5)6/h61-67,72H,9-60H2,1-8H3,(H,77,78)(H,79,80)/t65?,66-,67-/m1/s1. The molecule has 0 aromatic carbocycles. The van der Waals surface area contributed by atoms with E-state index in [2.05, 4.69) is 55.4 Å². The summed E-state index contributed by atoms with van der Waals surface area (Å²) in [6.07, 6.45) is 43.2. The number of phosphoric acid groups is 2. The fraction of sp³-hybridized carbons (Fsp3) is 0.944. The van der Waals surface area contributed by atoms with Gasteiger partial charge in [0.25, 0.3) is 0 Å². The number of phosphoric ester groups is 2. The number of ether oxygens (including phenoxy) is 4. The fourth-order valence-corrected chi connectivity index (χ4v) is 12.2. The molecule has 0 spiro atoms. The molecule has 0 aromatic rings. The van der Waals surface area contributed by atoms with E-state index in [4.69, 9.17) is 37.0 Å². The van der Waals surface area contributed by atoms with Crippen molar-refractivity contribution in [3.8, 4) is 0 Å². The third-order valence-corrected chi connectivity index (χ3v) is 18.2. The molecule has 0 saturated heterocycles. The van der Waals surface area contributed by atoms with E-state index in [0.717, 1.165) is 108 Å². The van der Waals surface area contributed by atoms with Gasteiger partial charge in [-0.3, -0.25) is 37.3 Å². The number of hydrogen-bond acceptors (Lipinski definition) is 15. The van der Waals surface area contributed by atoms with E-state index in [0.29, 0.717) is 37.5 Å². The molecule has 0 saturated carbocycles. The van der Waals surface area contributed by atoms with Gasteiger partial charge in [-0.25, -0.2) is 9.13 Å². The van der Waals surface area contributed by atoms with Gasteiger partial charge in [-0.15, -0.1) is 0 Å². The minimum Gasteiger partial charge on any atom is -0.462 e. The molecule has 5 atom stereocenters. The average molecular weight is 1330 g/mol. The van der Waals surface area contributed by atoms with E-state index in [1.807, 2.05) is 0 Å². The molecule has 19 heteroatoms. The molecule has 0 aliphatic rings. The summed E-state index contributed by atoms with van der Waals surface area (Å²) in [6, 6.07) is 0. The zero-order valence-electron chi connectivity index (χ0n) is 58.8. The van der Waals surface area contributed by atoms with Crippen molar-refractivity contribution in [3.05, 3.63) is 0 Å². The van der Waals surface area contributed by atoms with Crippen molar-refractivity contribution in [2.24, 2.45) is 23.7 Å². The van der Waals surface area contributed by atoms with Gasteiger partial charge in [0.05, 0.1) is 26.4 Å². The number of carbonyl (C=O) groups is 4. The summed E-state index contributed by atoms with van der Waals surface area (Å²) in [4.78, 5) is 72.5. The molecule has 0 heterocycles. The molecular formula is C71H138O17P2. The van der Waals surface area contributed by atoms with Gasteiger partial charge in [0.15, 0.2) is 12.2 Å². The van der Waals surface area contributed by atoms with E-state index < -0.39 is 97.5 Å². The Kier molecular flexibility index (Phi) is 59.4. The Morgan fingerprint density at radius 2 is 0.467 bits per heavy atom. The van der Waals surface area contributed by atoms with Crippen LogP contribution in [0.1, 0.15) is 351 Å². The molecule has 0 amide bonds. The van der Waals surface area contributed by atoms with Crippen molar-refractivity contribution >= 4 is 39.5 Å². The Hall–Kier alpha value is -1.94. The van der Waals surface area contributed by atoms with Gasteiger partial charge in [0, 0.05) is 25.7 Å². The van der Waals surface area contributed by atoms with Gasteiger partial charge < -0.3 is 33.8 Å². The van der Waals surface area contributed by atoms with Crippen molar-refractivity contribution in [3.63, 3.8) is 0 Å². The quantitative estimate of drug-likeness (QED) is 0.0222. The molecule has 90 heavy (non-hydrogen) atoms. The third kappa shape index (κ3) is 64.8. The number of esters is 4. The lowest BCUT2D eigenvalue weighted by atomic mass is 10.0. The second-order valence-corrected chi connectivity index (χ2v) is 30.4. The number of aliphatic hydroxyl groups is 1. The van der Waals surface area contributed by atoms with Crippen LogP contribution in [-0.2, 0) is 65.4 Å². The summed E-state index contributed by atoms with van der Waals surface area (Å²) in [6.45, 7) is 14.1. The minimum absolute atomic E-state index is 0.102. The molecule has 0 bridgehead atoms. The highest BCUT2D eigenvalue weighted by Gasteiger charge is 2.30. The Morgan fingerprint density at radius 1 is 0.278 bits per heavy atom. The molecule has 0 aliphatic heterocycles. The van der Waals surface area contributed by atoms with Gasteiger partial charge in [-0.1, -0.05) is 299 Å². The Bertz CT molecular complexity index is 1780. The second kappa shape index (κ2) is 60.7. The van der Waals surface area contributed by atoms with E-state index >= 15 is 0 Å². The Labute approximate surface area is 549 Å². The Morgan fingerprint density at radius 3 is 0.689 bits per heavy atom. The van der Waals surface area contributed by atoms with E-state index in [1.165, 1.54) is 148 Å². The minimum atomic E-state index is -4.95. The highest BCUT2D eigenvalue weighted by atomic mass is 31.2. The monoisotopic (exact) mass is 1320 g/mol. The molecule has 17 nitrogen and oxygen atoms in total. The largest absolute Gasteiger partial charge is 0.472 e. The highest BCUT2D eigenvalue weighted by Crippen LogP contribution is 2.45. The zero-order valence-corrected chi connectivity index (χ0v) is 60.6. The van der Waals surface area contributed by atoms with Crippen molar-refractivity contribution < 1.29 is 80.2 Å². The summed E-state index contributed by atoms with van der Waals surface area (Å²) in [5.74, 6) is 0.827. The van der Waals surface area contributed by atoms with Gasteiger partial charge in [-0.05, 0) is 49.4 Å². The van der Waals surface area contributed by atoms with Crippen LogP contribution in [0, 0.1) is 23.7 Å². The topological polar surface area (TPSA) is 237 Å². The lowest BCUT2D eigenvalue weighted by Crippen LogP contribution is -2.30. The molecule has 0 fully saturated rings. The number of hydrogen-bond donors (Lipinski definition) is 3. The molecule has 0 radical (unpaired) electrons. The van der Waals surface area contributed by atoms with Crippen LogP contribution in [0.3, 0.4) is 0 Å². The summed E-state index contributed by atoms with van der Waals surface area (Å²) >= 11 is 0. The average Bonchev–Trinajstić information content (AvgIpc) is 2.68. The summed E-state index contributed by atoms with van der Waals surface area (Å²) in [5, 5.41) is 10.6. The normalized spacial score (nSPS) is 14.3. The molecule has 3 unspecified atom stereocenters. The number of rotatable bonds is 68. The molecule has 0 rings (SSSR count). The molecule has 534 valence electrons. The van der Waals surface area contributed by atoms with Crippen LogP contribution < -0.4 is 0 Å². The predicted molar refractivity (Wildman–Crippen MR) is 363 cm³/mol. The number of carbonyl (C=O) groups excluding carboxylic acids is 4. The van der Waals surface area contributed by atoms with Crippen LogP contribution >= 0.6 is 15.6 Å². The lowest BCUT2D eigenvalue weighted by molar-refractivity contribution is -0.161. The van der Waals surface area contributed by atoms with Gasteiger partial charge >= 0.3 is 39.5 Å². The van der Waals surface area contributed by atoms with E-state index in [9.17, 15) is 43.2 Å². The maximum absolute atomic E-state index is 13.0. The van der Waals surface area contributed by atoms with Crippen LogP contribution in [0.15, 0.2) is 0 Å². The molecule has 0 aliphatic carbocycles. The maximum atomic E-state index is 13.0. The van der Waals surface area contributed by atoms with Crippen molar-refractivity contribution in [2.75, 3.05) is 39.6 Å². The first kappa shape index (κ1) is 88.1. The first-order valence-electron chi connectivity index (χ1n) is 36.7. The van der Waals surface area contributed by atoms with Crippen molar-refractivity contribution in [2.45, 2.75) is 369 Å². The van der Waals surface area contributed by atoms with Crippen LogP contribution in [-0.4, -0.2) is 96.7 Å². The summed E-state index contributed by atoms with van der Waals surface area (Å²) in [7, 11) is -9.90. The van der Waals surface area contributed by atoms with Crippen LogP contribution in [0.4, 0.5) is 0 Å². The van der Waals surface area contributed by atoms with Crippen LogP contribution in [0.2, 0.25) is 0 Å². The number of unbranched alkanes of at least 4 members (excludes halogenated alkanes) is 34. The van der Waals surface area contributed by atoms with Crippen molar-refractivity contribution in [1.82, 2.24) is 0 Å². The second-order valence-electron chi connectivity index (χ2n) is 27.5. The molecular weight excluding hydrogens is 1190 g/mol. The zero-order chi connectivity index (χ0) is 66.8. The fourth-order valence-electron chi connectivity index (χ4n) is 10.7. The van der Waals surface area contributed by atoms with Gasteiger partial charge in [0.2, 0.25) is 0 Å². The van der Waals surface area contributed by atoms with E-state index in [1.54, 1.807) is 0 Å². The van der Waals surface area contributed by atoms with Crippen molar-refractivity contribution in [1.29, 1.82) is 0 Å². The molecule has 3 N–H and O–H groups in total. The van der Waals surface area contributed by atoms with E-state index in [-0.39, 0.29) is 25.7 Å². The predicted octanol–water partition coefficient (Wildman–Crippen LogP) is 20.1. The van der Waals surface area contributed by atoms with Gasteiger partial charge in [0.1, 0.15) is 19.3 Å². The summed E-state index contributed by atoms with van der Waals surface area (Å²) in [5.41, 5.74) is 0. The Balaban J connectivity index is 5.24. The molecule has 0 aromatic heterocycles. The third-order valence-electron chi connectivity index (χ3n) is 16.3. The first-order chi connectivity index (χ1) is 43.1. The smallest absolute Gasteiger partial charge is 0.462 e. The van der Waals surface area contributed by atoms with Crippen LogP contribution in [0.25, 0.3) is 0 Å². The summed E-state index contributed by atoms with van der Waals surface area (Å²) < 4.78 is 68.3. The van der Waals surface area contributed by atoms with Gasteiger partial charge in [-0.2, -0.15) is 0 Å². The lowest BCUT2D eigenvalue weighted by Gasteiger charge is -2.21. The maximum Gasteiger partial charge on any atom is 0.472 e. The first-order valence-corrected chi connectivity index (χ1v) is 39.7. The highest BCUT2D eigenvalue weighted by molar-refractivity contribution is 7.47.